The van der Waals surface area contributed by atoms with Gasteiger partial charge in [-0.1, -0.05) is 48.5 Å². The Morgan fingerprint density at radius 3 is 2.50 bits per heavy atom. The number of hydrogen-bond acceptors (Lipinski definition) is 4. The number of aryl methyl sites for hydroxylation is 2. The average molecular weight is 445 g/mol. The first-order valence-corrected chi connectivity index (χ1v) is 11.1. The van der Waals surface area contributed by atoms with Crippen LogP contribution in [0.5, 0.6) is 0 Å². The van der Waals surface area contributed by atoms with Gasteiger partial charge in [-0.25, -0.2) is 4.98 Å². The number of fused-ring (bicyclic) bond motifs is 3. The monoisotopic (exact) mass is 444 g/mol. The summed E-state index contributed by atoms with van der Waals surface area (Å²) in [5.74, 6) is 0. The van der Waals surface area contributed by atoms with Gasteiger partial charge in [0.05, 0.1) is 12.8 Å². The molecule has 0 aliphatic heterocycles. The van der Waals surface area contributed by atoms with Gasteiger partial charge in [0.25, 0.3) is 0 Å². The predicted molar refractivity (Wildman–Crippen MR) is 137 cm³/mol. The highest BCUT2D eigenvalue weighted by molar-refractivity contribution is 6.08. The summed E-state index contributed by atoms with van der Waals surface area (Å²) in [6.45, 7) is 3.83. The molecule has 0 fully saturated rings. The van der Waals surface area contributed by atoms with E-state index < -0.39 is 6.37 Å². The van der Waals surface area contributed by atoms with Crippen molar-refractivity contribution in [2.75, 3.05) is 0 Å². The van der Waals surface area contributed by atoms with Crippen molar-refractivity contribution in [2.45, 2.75) is 20.2 Å². The van der Waals surface area contributed by atoms with Crippen molar-refractivity contribution in [2.24, 2.45) is 0 Å². The Morgan fingerprint density at radius 2 is 1.62 bits per heavy atom. The van der Waals surface area contributed by atoms with E-state index in [0.29, 0.717) is 28.2 Å². The van der Waals surface area contributed by atoms with Crippen LogP contribution in [0.25, 0.3) is 44.6 Å². The highest BCUT2D eigenvalue weighted by Crippen LogP contribution is 2.34. The third kappa shape index (κ3) is 3.73. The fourth-order valence-corrected chi connectivity index (χ4v) is 4.19. The van der Waals surface area contributed by atoms with E-state index in [0.717, 1.165) is 27.6 Å². The number of hydrogen-bond donors (Lipinski definition) is 0. The zero-order valence-corrected chi connectivity index (χ0v) is 18.8. The first-order valence-electron chi connectivity index (χ1n) is 12.6. The van der Waals surface area contributed by atoms with E-state index in [9.17, 15) is 0 Å². The first kappa shape index (κ1) is 17.2. The summed E-state index contributed by atoms with van der Waals surface area (Å²) in [4.78, 5) is 13.9. The van der Waals surface area contributed by atoms with Gasteiger partial charge in [-0.3, -0.25) is 9.97 Å². The maximum atomic E-state index is 9.02. The molecular formula is C30H23N3O. The van der Waals surface area contributed by atoms with Crippen LogP contribution in [0.3, 0.4) is 0 Å². The highest BCUT2D eigenvalue weighted by Gasteiger charge is 2.14. The second-order valence-corrected chi connectivity index (χ2v) is 8.33. The summed E-state index contributed by atoms with van der Waals surface area (Å²) in [5, 5.41) is 1.80. The molecule has 4 heterocycles. The number of benzene rings is 2. The summed E-state index contributed by atoms with van der Waals surface area (Å²) in [6, 6.07) is 26.3. The van der Waals surface area contributed by atoms with Gasteiger partial charge in [0, 0.05) is 48.1 Å². The van der Waals surface area contributed by atoms with Gasteiger partial charge in [0.15, 0.2) is 0 Å². The van der Waals surface area contributed by atoms with Gasteiger partial charge in [0.1, 0.15) is 5.58 Å². The number of para-hydroxylation sites is 1. The Kier molecular flexibility index (Phi) is 4.17. The minimum atomic E-state index is -2.03. The molecule has 4 nitrogen and oxygen atoms in total. The summed E-state index contributed by atoms with van der Waals surface area (Å²) in [7, 11) is 0. The molecule has 4 heteroatoms. The highest BCUT2D eigenvalue weighted by atomic mass is 16.3. The van der Waals surface area contributed by atoms with E-state index in [-0.39, 0.29) is 17.4 Å². The molecular weight excluding hydrogens is 418 g/mol. The molecule has 6 aromatic rings. The van der Waals surface area contributed by atoms with Crippen LogP contribution in [0.4, 0.5) is 0 Å². The molecule has 164 valence electrons. The Morgan fingerprint density at radius 1 is 0.765 bits per heavy atom. The molecule has 0 saturated heterocycles. The lowest BCUT2D eigenvalue weighted by Crippen LogP contribution is -1.99. The lowest BCUT2D eigenvalue weighted by atomic mass is 10.0. The van der Waals surface area contributed by atoms with Crippen molar-refractivity contribution in [3.8, 4) is 22.5 Å². The van der Waals surface area contributed by atoms with Crippen molar-refractivity contribution >= 4 is 22.1 Å². The molecule has 0 spiro atoms. The summed E-state index contributed by atoms with van der Waals surface area (Å²) >= 11 is 0. The third-order valence-corrected chi connectivity index (χ3v) is 5.76. The lowest BCUT2D eigenvalue weighted by molar-refractivity contribution is 0.653. The largest absolute Gasteiger partial charge is 0.437 e. The summed E-state index contributed by atoms with van der Waals surface area (Å²) in [6.07, 6.45) is -2.03. The van der Waals surface area contributed by atoms with Gasteiger partial charge in [-0.15, -0.1) is 0 Å². The maximum Gasteiger partial charge on any atom is 0.227 e. The van der Waals surface area contributed by atoms with E-state index in [1.165, 1.54) is 6.07 Å². The molecule has 0 amide bonds. The fraction of sp³-hybridized carbons (Fsp3) is 0.100. The van der Waals surface area contributed by atoms with Crippen LogP contribution in [0.2, 0.25) is 0 Å². The van der Waals surface area contributed by atoms with E-state index in [1.807, 2.05) is 80.6 Å². The van der Waals surface area contributed by atoms with Gasteiger partial charge in [-0.2, -0.15) is 0 Å². The van der Waals surface area contributed by atoms with Crippen molar-refractivity contribution in [3.05, 3.63) is 114 Å². The zero-order chi connectivity index (χ0) is 25.7. The Bertz CT molecular complexity index is 1800. The van der Waals surface area contributed by atoms with Crippen LogP contribution >= 0.6 is 0 Å². The molecule has 0 unspecified atom stereocenters. The Labute approximate surface area is 202 Å². The van der Waals surface area contributed by atoms with E-state index in [4.69, 9.17) is 13.5 Å². The van der Waals surface area contributed by atoms with Crippen LogP contribution < -0.4 is 0 Å². The number of nitrogens with zero attached hydrogens (tertiary/aromatic N) is 3. The SMILES string of the molecule is [2H]c1cc(-c2cccc3c2oc2nc(C)ccc23)nc(C([2H])([2H])c2cc(C)cc(-c3ccccc3)n2)c1. The Balaban J connectivity index is 1.50. The molecule has 0 N–H and O–H groups in total. The molecule has 6 rings (SSSR count). The van der Waals surface area contributed by atoms with Crippen LogP contribution in [-0.4, -0.2) is 15.0 Å². The van der Waals surface area contributed by atoms with Crippen molar-refractivity contribution in [1.29, 1.82) is 0 Å². The van der Waals surface area contributed by atoms with Crippen molar-refractivity contribution in [1.82, 2.24) is 15.0 Å². The van der Waals surface area contributed by atoms with Crippen LogP contribution in [-0.2, 0) is 6.37 Å². The van der Waals surface area contributed by atoms with Crippen molar-refractivity contribution in [3.63, 3.8) is 0 Å². The van der Waals surface area contributed by atoms with Gasteiger partial charge < -0.3 is 4.42 Å². The Hall–Kier alpha value is -4.31. The molecule has 34 heavy (non-hydrogen) atoms. The lowest BCUT2D eigenvalue weighted by Gasteiger charge is -2.08. The topological polar surface area (TPSA) is 51.8 Å². The molecule has 4 aromatic heterocycles. The molecule has 0 aliphatic rings. The van der Waals surface area contributed by atoms with Crippen LogP contribution in [0.1, 0.15) is 26.8 Å². The zero-order valence-electron chi connectivity index (χ0n) is 21.8. The normalized spacial score (nSPS) is 13.1. The maximum absolute atomic E-state index is 9.02. The molecule has 0 saturated carbocycles. The summed E-state index contributed by atoms with van der Waals surface area (Å²) in [5.41, 5.74) is 6.01. The minimum Gasteiger partial charge on any atom is -0.437 e. The van der Waals surface area contributed by atoms with Crippen LogP contribution in [0.15, 0.2) is 95.4 Å². The van der Waals surface area contributed by atoms with Gasteiger partial charge in [0.2, 0.25) is 5.71 Å². The molecule has 2 aromatic carbocycles. The number of rotatable bonds is 4. The number of furan rings is 1. The fourth-order valence-electron chi connectivity index (χ4n) is 4.19. The second-order valence-electron chi connectivity index (χ2n) is 8.33. The predicted octanol–water partition coefficient (Wildman–Crippen LogP) is 7.31. The summed E-state index contributed by atoms with van der Waals surface area (Å²) < 4.78 is 32.6. The molecule has 0 radical (unpaired) electrons. The number of pyridine rings is 3. The average Bonchev–Trinajstić information content (AvgIpc) is 3.26. The number of aromatic nitrogens is 3. The smallest absolute Gasteiger partial charge is 0.227 e. The minimum absolute atomic E-state index is 0.120. The first-order chi connectivity index (χ1) is 17.8. The quantitative estimate of drug-likeness (QED) is 0.286. The molecule has 0 aliphatic carbocycles. The van der Waals surface area contributed by atoms with Crippen LogP contribution in [0, 0.1) is 13.8 Å². The van der Waals surface area contributed by atoms with Gasteiger partial charge >= 0.3 is 0 Å². The molecule has 0 bridgehead atoms. The van der Waals surface area contributed by atoms with E-state index >= 15 is 0 Å². The van der Waals surface area contributed by atoms with Crippen molar-refractivity contribution < 1.29 is 8.53 Å². The van der Waals surface area contributed by atoms with E-state index in [2.05, 4.69) is 9.97 Å². The molecule has 0 atom stereocenters. The second kappa shape index (κ2) is 8.23. The third-order valence-electron chi connectivity index (χ3n) is 5.76. The van der Waals surface area contributed by atoms with E-state index in [1.54, 1.807) is 12.1 Å². The standard InChI is InChI=1S/C30H23N3O/c1-19-16-23(33-28(17-19)21-8-4-3-5-9-21)18-22-10-6-13-27(32-22)26-12-7-11-24-25-15-14-20(2)31-30(25)34-29(24)26/h3-17H,18H2,1-2H3/i6D,18D2. The van der Waals surface area contributed by atoms with Gasteiger partial charge in [-0.05, 0) is 61.9 Å².